The summed E-state index contributed by atoms with van der Waals surface area (Å²) in [6, 6.07) is 14.7. The largest absolute Gasteiger partial charge is 0.463 e. The summed E-state index contributed by atoms with van der Waals surface area (Å²) in [5.74, 6) is 0.453. The fourth-order valence-corrected chi connectivity index (χ4v) is 4.44. The molecule has 4 rings (SSSR count). The first-order valence-corrected chi connectivity index (χ1v) is 11.1. The van der Waals surface area contributed by atoms with Gasteiger partial charge in [0.1, 0.15) is 11.4 Å². The van der Waals surface area contributed by atoms with Crippen LogP contribution in [-0.2, 0) is 10.0 Å². The van der Waals surface area contributed by atoms with Crippen molar-refractivity contribution in [3.8, 4) is 17.1 Å². The molecule has 0 bridgehead atoms. The zero-order valence-corrected chi connectivity index (χ0v) is 16.9. The Kier molecular flexibility index (Phi) is 5.25. The van der Waals surface area contributed by atoms with Crippen LogP contribution in [0, 0.1) is 0 Å². The maximum absolute atomic E-state index is 13.3. The lowest BCUT2D eigenvalue weighted by Crippen LogP contribution is -2.51. The average Bonchev–Trinajstić information content (AvgIpc) is 3.44. The van der Waals surface area contributed by atoms with E-state index < -0.39 is 10.0 Å². The highest BCUT2D eigenvalue weighted by Crippen LogP contribution is 2.23. The number of hydrogen-bond donors (Lipinski definition) is 0. The highest BCUT2D eigenvalue weighted by Gasteiger charge is 2.30. The van der Waals surface area contributed by atoms with E-state index in [4.69, 9.17) is 4.42 Å². The molecule has 0 N–H and O–H groups in total. The van der Waals surface area contributed by atoms with Gasteiger partial charge in [-0.15, -0.1) is 0 Å². The molecule has 29 heavy (non-hydrogen) atoms. The molecule has 0 radical (unpaired) electrons. The van der Waals surface area contributed by atoms with Crippen molar-refractivity contribution in [1.82, 2.24) is 19.0 Å². The van der Waals surface area contributed by atoms with Gasteiger partial charge >= 0.3 is 0 Å². The normalized spacial score (nSPS) is 15.6. The van der Waals surface area contributed by atoms with Gasteiger partial charge in [0.2, 0.25) is 10.0 Å². The van der Waals surface area contributed by atoms with Crippen LogP contribution in [0.3, 0.4) is 0 Å². The second kappa shape index (κ2) is 7.84. The minimum Gasteiger partial charge on any atom is -0.463 e. The van der Waals surface area contributed by atoms with Gasteiger partial charge in [-0.05, 0) is 31.2 Å². The Hall–Kier alpha value is -2.91. The predicted octanol–water partition coefficient (Wildman–Crippen LogP) is 2.24. The predicted molar refractivity (Wildman–Crippen MR) is 108 cm³/mol. The molecule has 0 unspecified atom stereocenters. The number of hydrogen-bond acceptors (Lipinski definition) is 5. The number of furan rings is 1. The monoisotopic (exact) mass is 414 g/mol. The molecule has 0 aliphatic carbocycles. The molecule has 1 aromatic carbocycles. The molecule has 0 atom stereocenters. The summed E-state index contributed by atoms with van der Waals surface area (Å²) >= 11 is 0. The van der Waals surface area contributed by atoms with Gasteiger partial charge in [-0.3, -0.25) is 4.79 Å². The standard InChI is InChI=1S/C20H22N4O4S/c1-2-29(26,27)23-12-10-22(11-13-23)20(25)18-15-17(19-9-6-14-28-19)21-24(18)16-7-4-3-5-8-16/h3-9,14-15H,2,10-13H2,1H3. The number of aromatic nitrogens is 2. The van der Waals surface area contributed by atoms with Crippen molar-refractivity contribution in [3.05, 3.63) is 60.5 Å². The second-order valence-corrected chi connectivity index (χ2v) is 8.99. The summed E-state index contributed by atoms with van der Waals surface area (Å²) in [5, 5.41) is 4.58. The van der Waals surface area contributed by atoms with Gasteiger partial charge in [0.05, 0.1) is 17.7 Å². The lowest BCUT2D eigenvalue weighted by atomic mass is 10.2. The SMILES string of the molecule is CCS(=O)(=O)N1CCN(C(=O)c2cc(-c3ccco3)nn2-c2ccccc2)CC1. The van der Waals surface area contributed by atoms with E-state index in [1.54, 1.807) is 41.0 Å². The Morgan fingerprint density at radius 1 is 1.07 bits per heavy atom. The Morgan fingerprint density at radius 2 is 1.79 bits per heavy atom. The first kappa shape index (κ1) is 19.4. The lowest BCUT2D eigenvalue weighted by Gasteiger charge is -2.33. The van der Waals surface area contributed by atoms with Crippen molar-refractivity contribution in [2.75, 3.05) is 31.9 Å². The summed E-state index contributed by atoms with van der Waals surface area (Å²) in [4.78, 5) is 14.9. The maximum Gasteiger partial charge on any atom is 0.272 e. The number of nitrogens with zero attached hydrogens (tertiary/aromatic N) is 4. The van der Waals surface area contributed by atoms with Crippen molar-refractivity contribution in [3.63, 3.8) is 0 Å². The molecule has 1 aliphatic rings. The van der Waals surface area contributed by atoms with Crippen molar-refractivity contribution in [2.24, 2.45) is 0 Å². The topological polar surface area (TPSA) is 88.7 Å². The van der Waals surface area contributed by atoms with Gasteiger partial charge in [0.15, 0.2) is 5.76 Å². The minimum absolute atomic E-state index is 0.0637. The summed E-state index contributed by atoms with van der Waals surface area (Å²) in [6.45, 7) is 2.91. The lowest BCUT2D eigenvalue weighted by molar-refractivity contribution is 0.0689. The van der Waals surface area contributed by atoms with E-state index in [1.807, 2.05) is 30.3 Å². The van der Waals surface area contributed by atoms with Crippen LogP contribution < -0.4 is 0 Å². The van der Waals surface area contributed by atoms with Crippen LogP contribution in [0.5, 0.6) is 0 Å². The van der Waals surface area contributed by atoms with Gasteiger partial charge < -0.3 is 9.32 Å². The van der Waals surface area contributed by atoms with Crippen molar-refractivity contribution in [2.45, 2.75) is 6.92 Å². The van der Waals surface area contributed by atoms with Crippen LogP contribution in [-0.4, -0.2) is 65.2 Å². The third-order valence-electron chi connectivity index (χ3n) is 4.99. The Bertz CT molecular complexity index is 1080. The number of para-hydroxylation sites is 1. The third kappa shape index (κ3) is 3.83. The van der Waals surface area contributed by atoms with E-state index in [9.17, 15) is 13.2 Å². The average molecular weight is 414 g/mol. The quantitative estimate of drug-likeness (QED) is 0.639. The van der Waals surface area contributed by atoms with Crippen LogP contribution in [0.2, 0.25) is 0 Å². The van der Waals surface area contributed by atoms with Crippen molar-refractivity contribution < 1.29 is 17.6 Å². The van der Waals surface area contributed by atoms with Gasteiger partial charge in [-0.25, -0.2) is 13.1 Å². The smallest absolute Gasteiger partial charge is 0.272 e. The molecule has 1 fully saturated rings. The molecule has 9 heteroatoms. The van der Waals surface area contributed by atoms with E-state index in [2.05, 4.69) is 5.10 Å². The number of sulfonamides is 1. The number of rotatable bonds is 5. The molecule has 3 heterocycles. The molecular formula is C20H22N4O4S. The van der Waals surface area contributed by atoms with E-state index >= 15 is 0 Å². The highest BCUT2D eigenvalue weighted by atomic mass is 32.2. The van der Waals surface area contributed by atoms with Gasteiger partial charge in [-0.1, -0.05) is 18.2 Å². The number of amides is 1. The van der Waals surface area contributed by atoms with E-state index in [0.29, 0.717) is 43.3 Å². The fourth-order valence-electron chi connectivity index (χ4n) is 3.36. The molecule has 3 aromatic rings. The number of piperazine rings is 1. The molecular weight excluding hydrogens is 392 g/mol. The van der Waals surface area contributed by atoms with Crippen LogP contribution in [0.4, 0.5) is 0 Å². The zero-order valence-electron chi connectivity index (χ0n) is 16.1. The van der Waals surface area contributed by atoms with Crippen molar-refractivity contribution >= 4 is 15.9 Å². The summed E-state index contributed by atoms with van der Waals surface area (Å²) in [6.07, 6.45) is 1.56. The highest BCUT2D eigenvalue weighted by molar-refractivity contribution is 7.89. The van der Waals surface area contributed by atoms with Crippen LogP contribution in [0.25, 0.3) is 17.1 Å². The van der Waals surface area contributed by atoms with E-state index in [1.165, 1.54) is 4.31 Å². The third-order valence-corrected chi connectivity index (χ3v) is 6.87. The first-order chi connectivity index (χ1) is 14.0. The minimum atomic E-state index is -3.25. The fraction of sp³-hybridized carbons (Fsp3) is 0.300. The number of benzene rings is 1. The molecule has 8 nitrogen and oxygen atoms in total. The molecule has 0 spiro atoms. The molecule has 1 amide bonds. The van der Waals surface area contributed by atoms with E-state index in [0.717, 1.165) is 5.69 Å². The summed E-state index contributed by atoms with van der Waals surface area (Å²) < 4.78 is 32.6. The number of carbonyl (C=O) groups excluding carboxylic acids is 1. The Labute approximate surface area is 169 Å². The molecule has 1 saturated heterocycles. The number of carbonyl (C=O) groups is 1. The molecule has 1 aliphatic heterocycles. The van der Waals surface area contributed by atoms with Crippen molar-refractivity contribution in [1.29, 1.82) is 0 Å². The second-order valence-electron chi connectivity index (χ2n) is 6.73. The van der Waals surface area contributed by atoms with Gasteiger partial charge in [-0.2, -0.15) is 9.40 Å². The van der Waals surface area contributed by atoms with Gasteiger partial charge in [0.25, 0.3) is 5.91 Å². The molecule has 0 saturated carbocycles. The maximum atomic E-state index is 13.3. The van der Waals surface area contributed by atoms with Gasteiger partial charge in [0, 0.05) is 32.2 Å². The Morgan fingerprint density at radius 3 is 2.41 bits per heavy atom. The van der Waals surface area contributed by atoms with Crippen LogP contribution in [0.15, 0.2) is 59.2 Å². The molecule has 2 aromatic heterocycles. The first-order valence-electron chi connectivity index (χ1n) is 9.46. The van der Waals surface area contributed by atoms with Crippen LogP contribution in [0.1, 0.15) is 17.4 Å². The van der Waals surface area contributed by atoms with E-state index in [-0.39, 0.29) is 11.7 Å². The Balaban J connectivity index is 1.63. The summed E-state index contributed by atoms with van der Waals surface area (Å²) in [5.41, 5.74) is 1.74. The zero-order chi connectivity index (χ0) is 20.4. The summed E-state index contributed by atoms with van der Waals surface area (Å²) in [7, 11) is -3.25. The van der Waals surface area contributed by atoms with Crippen LogP contribution >= 0.6 is 0 Å². The molecule has 152 valence electrons.